The number of hydrogen-bond acceptors (Lipinski definition) is 4. The minimum atomic E-state index is 0.656. The van der Waals surface area contributed by atoms with Crippen molar-refractivity contribution < 1.29 is 4.74 Å². The van der Waals surface area contributed by atoms with Gasteiger partial charge in [0, 0.05) is 32.2 Å². The molecule has 0 unspecified atom stereocenters. The van der Waals surface area contributed by atoms with E-state index in [1.165, 1.54) is 31.5 Å². The second kappa shape index (κ2) is 12.5. The lowest BCUT2D eigenvalue weighted by molar-refractivity contribution is 0.188. The molecule has 0 amide bonds. The first-order valence-electron chi connectivity index (χ1n) is 9.91. The molecular formula is C23H35N3O. The summed E-state index contributed by atoms with van der Waals surface area (Å²) in [5.74, 6) is 0.673. The highest BCUT2D eigenvalue weighted by atomic mass is 16.5. The highest BCUT2D eigenvalue weighted by molar-refractivity contribution is 5.15. The molecule has 0 bridgehead atoms. The van der Waals surface area contributed by atoms with Gasteiger partial charge < -0.3 is 15.0 Å². The molecule has 27 heavy (non-hydrogen) atoms. The summed E-state index contributed by atoms with van der Waals surface area (Å²) in [7, 11) is 3.79. The first-order chi connectivity index (χ1) is 13.2. The quantitative estimate of drug-likeness (QED) is 0.478. The number of hydrogen-bond donors (Lipinski definition) is 1. The molecule has 1 heterocycles. The van der Waals surface area contributed by atoms with Crippen LogP contribution in [-0.4, -0.2) is 62.7 Å². The van der Waals surface area contributed by atoms with Crippen LogP contribution < -0.4 is 5.32 Å². The van der Waals surface area contributed by atoms with Gasteiger partial charge >= 0.3 is 0 Å². The van der Waals surface area contributed by atoms with Crippen molar-refractivity contribution in [2.75, 3.05) is 46.9 Å². The molecular weight excluding hydrogens is 334 g/mol. The normalized spacial score (nSPS) is 16.6. The Bertz CT molecular complexity index is 589. The van der Waals surface area contributed by atoms with E-state index >= 15 is 0 Å². The lowest BCUT2D eigenvalue weighted by Gasteiger charge is -2.32. The predicted octanol–water partition coefficient (Wildman–Crippen LogP) is 3.44. The first-order valence-corrected chi connectivity index (χ1v) is 9.91. The van der Waals surface area contributed by atoms with E-state index in [1.54, 1.807) is 7.11 Å². The molecule has 0 aromatic heterocycles. The highest BCUT2D eigenvalue weighted by Gasteiger charge is 2.18. The van der Waals surface area contributed by atoms with E-state index in [9.17, 15) is 0 Å². The van der Waals surface area contributed by atoms with Crippen LogP contribution in [0.3, 0.4) is 0 Å². The third-order valence-corrected chi connectivity index (χ3v) is 4.97. The van der Waals surface area contributed by atoms with E-state index in [0.717, 1.165) is 26.2 Å². The van der Waals surface area contributed by atoms with Crippen molar-refractivity contribution in [3.8, 4) is 0 Å². The number of likely N-dealkylation sites (tertiary alicyclic amines) is 1. The van der Waals surface area contributed by atoms with E-state index in [4.69, 9.17) is 4.74 Å². The molecule has 0 atom stereocenters. The fourth-order valence-electron chi connectivity index (χ4n) is 3.24. The molecule has 4 heteroatoms. The van der Waals surface area contributed by atoms with E-state index < -0.39 is 0 Å². The smallest absolute Gasteiger partial charge is 0.111 e. The minimum Gasteiger partial charge on any atom is -0.497 e. The molecule has 1 fully saturated rings. The third kappa shape index (κ3) is 9.05. The summed E-state index contributed by atoms with van der Waals surface area (Å²) in [6.07, 6.45) is 10.5. The van der Waals surface area contributed by atoms with Crippen molar-refractivity contribution >= 4 is 0 Å². The average molecular weight is 370 g/mol. The van der Waals surface area contributed by atoms with Gasteiger partial charge in [-0.2, -0.15) is 0 Å². The maximum Gasteiger partial charge on any atom is 0.111 e. The second-order valence-corrected chi connectivity index (χ2v) is 7.21. The predicted molar refractivity (Wildman–Crippen MR) is 115 cm³/mol. The highest BCUT2D eigenvalue weighted by Crippen LogP contribution is 2.13. The van der Waals surface area contributed by atoms with Gasteiger partial charge in [0.15, 0.2) is 0 Å². The zero-order valence-electron chi connectivity index (χ0n) is 16.9. The summed E-state index contributed by atoms with van der Waals surface area (Å²) in [4.78, 5) is 4.89. The van der Waals surface area contributed by atoms with Crippen LogP contribution >= 0.6 is 0 Å². The maximum atomic E-state index is 4.99. The molecule has 1 aliphatic heterocycles. The van der Waals surface area contributed by atoms with E-state index in [-0.39, 0.29) is 0 Å². The van der Waals surface area contributed by atoms with Crippen LogP contribution in [-0.2, 0) is 11.3 Å². The Morgan fingerprint density at radius 1 is 1.26 bits per heavy atom. The van der Waals surface area contributed by atoms with Gasteiger partial charge in [-0.15, -0.1) is 0 Å². The van der Waals surface area contributed by atoms with Crippen LogP contribution in [0.5, 0.6) is 0 Å². The Labute approximate surface area is 165 Å². The van der Waals surface area contributed by atoms with Crippen molar-refractivity contribution in [2.24, 2.45) is 0 Å². The number of rotatable bonds is 11. The van der Waals surface area contributed by atoms with Crippen LogP contribution in [0, 0.1) is 0 Å². The van der Waals surface area contributed by atoms with Gasteiger partial charge in [-0.25, -0.2) is 0 Å². The Kier molecular flexibility index (Phi) is 9.91. The van der Waals surface area contributed by atoms with E-state index in [2.05, 4.69) is 65.2 Å². The van der Waals surface area contributed by atoms with Crippen LogP contribution in [0.1, 0.15) is 18.4 Å². The van der Waals surface area contributed by atoms with Gasteiger partial charge in [-0.3, -0.25) is 4.90 Å². The second-order valence-electron chi connectivity index (χ2n) is 7.21. The number of ether oxygens (including phenoxy) is 1. The lowest BCUT2D eigenvalue weighted by atomic mass is 10.0. The van der Waals surface area contributed by atoms with Crippen LogP contribution in [0.15, 0.2) is 67.0 Å². The van der Waals surface area contributed by atoms with Crippen LogP contribution in [0.25, 0.3) is 0 Å². The summed E-state index contributed by atoms with van der Waals surface area (Å²) >= 11 is 0. The number of nitrogens with one attached hydrogen (secondary N) is 1. The topological polar surface area (TPSA) is 27.7 Å². The van der Waals surface area contributed by atoms with E-state index in [1.807, 2.05) is 18.2 Å². The molecule has 0 saturated carbocycles. The summed E-state index contributed by atoms with van der Waals surface area (Å²) in [6, 6.07) is 11.4. The zero-order chi connectivity index (χ0) is 19.3. The Hall–Kier alpha value is -1.88. The molecule has 1 saturated heterocycles. The molecule has 0 spiro atoms. The Morgan fingerprint density at radius 3 is 2.70 bits per heavy atom. The van der Waals surface area contributed by atoms with Gasteiger partial charge in [-0.05, 0) is 44.6 Å². The fourth-order valence-corrected chi connectivity index (χ4v) is 3.24. The average Bonchev–Trinajstić information content (AvgIpc) is 2.69. The van der Waals surface area contributed by atoms with Gasteiger partial charge in [0.05, 0.1) is 7.11 Å². The minimum absolute atomic E-state index is 0.656. The lowest BCUT2D eigenvalue weighted by Crippen LogP contribution is -2.44. The number of allylic oxidation sites excluding steroid dienone is 3. The van der Waals surface area contributed by atoms with Gasteiger partial charge in [-0.1, -0.05) is 55.1 Å². The molecule has 1 aliphatic rings. The Balaban J connectivity index is 1.54. The number of likely N-dealkylation sites (N-methyl/N-ethyl adjacent to an activating group) is 1. The van der Waals surface area contributed by atoms with Crippen molar-refractivity contribution in [1.82, 2.24) is 15.1 Å². The van der Waals surface area contributed by atoms with Gasteiger partial charge in [0.25, 0.3) is 0 Å². The zero-order valence-corrected chi connectivity index (χ0v) is 16.9. The number of methoxy groups -OCH3 is 1. The fraction of sp³-hybridized carbons (Fsp3) is 0.478. The SMILES string of the molecule is C=C(/C=C\C=C/CN(C)CCNC1CCN(Cc2ccccc2)CC1)OC. The third-order valence-electron chi connectivity index (χ3n) is 4.97. The number of benzene rings is 1. The molecule has 1 N–H and O–H groups in total. The summed E-state index contributed by atoms with van der Waals surface area (Å²) in [5.41, 5.74) is 1.42. The molecule has 4 nitrogen and oxygen atoms in total. The van der Waals surface area contributed by atoms with Crippen molar-refractivity contribution in [3.05, 3.63) is 72.5 Å². The van der Waals surface area contributed by atoms with Gasteiger partial charge in [0.2, 0.25) is 0 Å². The largest absolute Gasteiger partial charge is 0.497 e. The summed E-state index contributed by atoms with van der Waals surface area (Å²) in [5, 5.41) is 3.73. The molecule has 0 radical (unpaired) electrons. The van der Waals surface area contributed by atoms with Crippen molar-refractivity contribution in [3.63, 3.8) is 0 Å². The van der Waals surface area contributed by atoms with Crippen molar-refractivity contribution in [2.45, 2.75) is 25.4 Å². The van der Waals surface area contributed by atoms with Gasteiger partial charge in [0.1, 0.15) is 5.76 Å². The van der Waals surface area contributed by atoms with Crippen LogP contribution in [0.2, 0.25) is 0 Å². The summed E-state index contributed by atoms with van der Waals surface area (Å²) < 4.78 is 4.99. The molecule has 148 valence electrons. The van der Waals surface area contributed by atoms with Crippen molar-refractivity contribution in [1.29, 1.82) is 0 Å². The van der Waals surface area contributed by atoms with Crippen LogP contribution in [0.4, 0.5) is 0 Å². The first kappa shape index (κ1) is 21.4. The number of nitrogens with zero attached hydrogens (tertiary/aromatic N) is 2. The summed E-state index contributed by atoms with van der Waals surface area (Å²) in [6.45, 7) is 10.2. The van der Waals surface area contributed by atoms with E-state index in [0.29, 0.717) is 11.8 Å². The Morgan fingerprint density at radius 2 is 2.00 bits per heavy atom. The molecule has 1 aromatic rings. The standard InChI is InChI=1S/C23H35N3O/c1-21(27-3)10-6-5-9-16-25(2)19-15-24-23-13-17-26(18-14-23)20-22-11-7-4-8-12-22/h4-12,23-24H,1,13-20H2,2-3H3/b9-5-,10-6-. The number of piperidine rings is 1. The molecule has 1 aromatic carbocycles. The molecule has 0 aliphatic carbocycles. The molecule has 2 rings (SSSR count). The maximum absolute atomic E-state index is 4.99. The monoisotopic (exact) mass is 369 g/mol.